The van der Waals surface area contributed by atoms with Crippen LogP contribution < -0.4 is 0 Å². The summed E-state index contributed by atoms with van der Waals surface area (Å²) >= 11 is 0. The SMILES string of the molecule is CCC=CCC=CCC=CCC=CCC=CCCCC(=O)OCC(C)OC(=O)CCCC=CCC=CCC=CCC=CCC=CCC.Cl. The van der Waals surface area contributed by atoms with E-state index in [2.05, 4.69) is 135 Å². The van der Waals surface area contributed by atoms with E-state index in [1.54, 1.807) is 6.92 Å². The molecular formula is C43H65ClO4. The molecular weight excluding hydrogens is 616 g/mol. The summed E-state index contributed by atoms with van der Waals surface area (Å²) < 4.78 is 10.7. The molecule has 0 aromatic carbocycles. The van der Waals surface area contributed by atoms with Crippen molar-refractivity contribution >= 4 is 24.3 Å². The highest BCUT2D eigenvalue weighted by Crippen LogP contribution is 2.05. The third-order valence-electron chi connectivity index (χ3n) is 6.63. The summed E-state index contributed by atoms with van der Waals surface area (Å²) in [5.74, 6) is -0.502. The lowest BCUT2D eigenvalue weighted by atomic mass is 10.2. The second-order valence-corrected chi connectivity index (χ2v) is 11.2. The Hall–Kier alpha value is -3.37. The number of carbonyl (C=O) groups excluding carboxylic acids is 2. The Kier molecular flexibility index (Phi) is 38.8. The minimum absolute atomic E-state index is 0. The summed E-state index contributed by atoms with van der Waals surface area (Å²) in [6.45, 7) is 6.15. The molecule has 4 nitrogen and oxygen atoms in total. The number of unbranched alkanes of at least 4 members (excludes halogenated alkanes) is 2. The highest BCUT2D eigenvalue weighted by Gasteiger charge is 2.11. The molecule has 0 saturated carbocycles. The summed E-state index contributed by atoms with van der Waals surface area (Å²) in [5.41, 5.74) is 0. The maximum atomic E-state index is 12.1. The lowest BCUT2D eigenvalue weighted by molar-refractivity contribution is -0.158. The Morgan fingerprint density at radius 1 is 0.458 bits per heavy atom. The smallest absolute Gasteiger partial charge is 0.306 e. The van der Waals surface area contributed by atoms with Crippen molar-refractivity contribution in [3.05, 3.63) is 122 Å². The number of hydrogen-bond acceptors (Lipinski definition) is 4. The molecule has 0 N–H and O–H groups in total. The molecule has 0 rings (SSSR count). The first-order valence-corrected chi connectivity index (χ1v) is 17.9. The molecule has 0 aliphatic heterocycles. The lowest BCUT2D eigenvalue weighted by Gasteiger charge is -2.13. The summed E-state index contributed by atoms with van der Waals surface area (Å²) in [4.78, 5) is 24.1. The number of rotatable bonds is 29. The fourth-order valence-electron chi connectivity index (χ4n) is 4.07. The molecule has 0 spiro atoms. The zero-order valence-corrected chi connectivity index (χ0v) is 31.0. The Bertz CT molecular complexity index is 1050. The normalized spacial score (nSPS) is 13.4. The molecule has 0 aliphatic carbocycles. The van der Waals surface area contributed by atoms with Crippen LogP contribution in [-0.4, -0.2) is 24.6 Å². The van der Waals surface area contributed by atoms with E-state index in [4.69, 9.17) is 9.47 Å². The molecule has 0 aromatic rings. The molecule has 268 valence electrons. The second-order valence-electron chi connectivity index (χ2n) is 11.2. The highest BCUT2D eigenvalue weighted by atomic mass is 35.5. The predicted octanol–water partition coefficient (Wildman–Crippen LogP) is 12.7. The molecule has 1 unspecified atom stereocenters. The van der Waals surface area contributed by atoms with Crippen molar-refractivity contribution < 1.29 is 19.1 Å². The average molecular weight is 681 g/mol. The van der Waals surface area contributed by atoms with Crippen LogP contribution in [0.5, 0.6) is 0 Å². The average Bonchev–Trinajstić information content (AvgIpc) is 3.06. The number of esters is 2. The first kappa shape index (κ1) is 46.7. The number of ether oxygens (including phenoxy) is 2. The van der Waals surface area contributed by atoms with Crippen molar-refractivity contribution in [1.82, 2.24) is 0 Å². The van der Waals surface area contributed by atoms with E-state index in [1.807, 2.05) is 0 Å². The largest absolute Gasteiger partial charge is 0.462 e. The molecule has 0 saturated heterocycles. The fourth-order valence-corrected chi connectivity index (χ4v) is 4.07. The highest BCUT2D eigenvalue weighted by molar-refractivity contribution is 5.85. The molecule has 0 fully saturated rings. The van der Waals surface area contributed by atoms with Gasteiger partial charge in [-0.3, -0.25) is 9.59 Å². The van der Waals surface area contributed by atoms with Crippen LogP contribution in [0.4, 0.5) is 0 Å². The van der Waals surface area contributed by atoms with Gasteiger partial charge < -0.3 is 9.47 Å². The molecule has 0 aliphatic rings. The van der Waals surface area contributed by atoms with Gasteiger partial charge in [-0.05, 0) is 96.8 Å². The van der Waals surface area contributed by atoms with Crippen LogP contribution in [0.3, 0.4) is 0 Å². The molecule has 0 heterocycles. The zero-order valence-electron chi connectivity index (χ0n) is 30.2. The van der Waals surface area contributed by atoms with E-state index in [-0.39, 0.29) is 31.0 Å². The maximum Gasteiger partial charge on any atom is 0.306 e. The summed E-state index contributed by atoms with van der Waals surface area (Å²) in [6.07, 6.45) is 56.8. The Labute approximate surface area is 300 Å². The van der Waals surface area contributed by atoms with Gasteiger partial charge in [-0.2, -0.15) is 0 Å². The first-order chi connectivity index (χ1) is 23.1. The summed E-state index contributed by atoms with van der Waals surface area (Å²) in [7, 11) is 0. The van der Waals surface area contributed by atoms with Crippen molar-refractivity contribution in [2.75, 3.05) is 6.61 Å². The number of allylic oxidation sites excluding steroid dienone is 20. The lowest BCUT2D eigenvalue weighted by Crippen LogP contribution is -2.22. The van der Waals surface area contributed by atoms with E-state index in [9.17, 15) is 9.59 Å². The van der Waals surface area contributed by atoms with Gasteiger partial charge >= 0.3 is 11.9 Å². The third kappa shape index (κ3) is 38.8. The minimum Gasteiger partial charge on any atom is -0.462 e. The first-order valence-electron chi connectivity index (χ1n) is 17.9. The van der Waals surface area contributed by atoms with E-state index >= 15 is 0 Å². The maximum absolute atomic E-state index is 12.1. The quantitative estimate of drug-likeness (QED) is 0.0448. The van der Waals surface area contributed by atoms with Crippen molar-refractivity contribution in [3.8, 4) is 0 Å². The molecule has 0 radical (unpaired) electrons. The topological polar surface area (TPSA) is 52.6 Å². The van der Waals surface area contributed by atoms with Crippen molar-refractivity contribution in [2.45, 2.75) is 130 Å². The van der Waals surface area contributed by atoms with Gasteiger partial charge in [0, 0.05) is 12.8 Å². The Morgan fingerprint density at radius 3 is 1.08 bits per heavy atom. The van der Waals surface area contributed by atoms with Gasteiger partial charge in [0.25, 0.3) is 0 Å². The second kappa shape index (κ2) is 39.8. The van der Waals surface area contributed by atoms with Gasteiger partial charge in [0.15, 0.2) is 0 Å². The van der Waals surface area contributed by atoms with Gasteiger partial charge in [-0.25, -0.2) is 0 Å². The van der Waals surface area contributed by atoms with Crippen molar-refractivity contribution in [2.24, 2.45) is 0 Å². The molecule has 0 bridgehead atoms. The van der Waals surface area contributed by atoms with Crippen LogP contribution in [0, 0.1) is 0 Å². The van der Waals surface area contributed by atoms with Crippen molar-refractivity contribution in [3.63, 3.8) is 0 Å². The number of carbonyl (C=O) groups is 2. The molecule has 0 amide bonds. The monoisotopic (exact) mass is 680 g/mol. The minimum atomic E-state index is -0.439. The van der Waals surface area contributed by atoms with E-state index in [0.717, 1.165) is 89.9 Å². The molecule has 48 heavy (non-hydrogen) atoms. The molecule has 5 heteroatoms. The number of halogens is 1. The van der Waals surface area contributed by atoms with Crippen LogP contribution >= 0.6 is 12.4 Å². The fraction of sp³-hybridized carbons (Fsp3) is 0.488. The van der Waals surface area contributed by atoms with Gasteiger partial charge in [0.2, 0.25) is 0 Å². The van der Waals surface area contributed by atoms with E-state index < -0.39 is 6.10 Å². The van der Waals surface area contributed by atoms with Crippen LogP contribution in [0.2, 0.25) is 0 Å². The summed E-state index contributed by atoms with van der Waals surface area (Å²) in [6, 6.07) is 0. The number of hydrogen-bond donors (Lipinski definition) is 0. The van der Waals surface area contributed by atoms with Crippen LogP contribution in [0.15, 0.2) is 122 Å². The Balaban J connectivity index is 0. The van der Waals surface area contributed by atoms with Gasteiger partial charge in [0.05, 0.1) is 0 Å². The third-order valence-corrected chi connectivity index (χ3v) is 6.63. The van der Waals surface area contributed by atoms with E-state index in [0.29, 0.717) is 12.8 Å². The van der Waals surface area contributed by atoms with Crippen molar-refractivity contribution in [1.29, 1.82) is 0 Å². The Morgan fingerprint density at radius 2 is 0.750 bits per heavy atom. The van der Waals surface area contributed by atoms with Gasteiger partial charge in [-0.15, -0.1) is 12.4 Å². The van der Waals surface area contributed by atoms with Gasteiger partial charge in [0.1, 0.15) is 12.7 Å². The standard InChI is InChI=1S/C43H64O4.ClH/c1-4-6-8-10-12-14-16-18-20-22-24-26-28-30-32-34-36-38-42(44)46-40-41(3)47-43(45)39-37-35-33-31-29-27-25-23-21-19-17-15-13-11-9-7-5-2;/h6-9,12-15,18-21,24-27,30-33,41H,4-5,10-11,16-17,22-23,28-29,34-40H2,1-3H3;1H. The van der Waals surface area contributed by atoms with E-state index in [1.165, 1.54) is 0 Å². The zero-order chi connectivity index (χ0) is 34.3. The molecule has 1 atom stereocenters. The van der Waals surface area contributed by atoms with Crippen LogP contribution in [0.25, 0.3) is 0 Å². The van der Waals surface area contributed by atoms with Crippen LogP contribution in [-0.2, 0) is 19.1 Å². The molecule has 0 aromatic heterocycles. The van der Waals surface area contributed by atoms with Crippen LogP contribution in [0.1, 0.15) is 124 Å². The summed E-state index contributed by atoms with van der Waals surface area (Å²) in [5, 5.41) is 0. The predicted molar refractivity (Wildman–Crippen MR) is 210 cm³/mol. The van der Waals surface area contributed by atoms with Gasteiger partial charge in [-0.1, -0.05) is 135 Å².